The lowest BCUT2D eigenvalue weighted by Gasteiger charge is -2.13. The molecule has 3 N–H and O–H groups in total. The van der Waals surface area contributed by atoms with E-state index in [-0.39, 0.29) is 17.3 Å². The molecule has 100 valence electrons. The zero-order valence-electron chi connectivity index (χ0n) is 9.77. The molecule has 1 aromatic rings. The summed E-state index contributed by atoms with van der Waals surface area (Å²) in [5.41, 5.74) is -0.0490. The van der Waals surface area contributed by atoms with Gasteiger partial charge in [0.1, 0.15) is 0 Å². The van der Waals surface area contributed by atoms with Crippen molar-refractivity contribution in [3.05, 3.63) is 27.3 Å². The van der Waals surface area contributed by atoms with Crippen LogP contribution in [0, 0.1) is 3.57 Å². The van der Waals surface area contributed by atoms with Crippen LogP contribution in [0.5, 0.6) is 0 Å². The number of nitrogens with one attached hydrogen (secondary N) is 2. The molecule has 8 heteroatoms. The van der Waals surface area contributed by atoms with Gasteiger partial charge in [0, 0.05) is 9.61 Å². The molecule has 0 aliphatic heterocycles. The highest BCUT2D eigenvalue weighted by Crippen LogP contribution is 2.19. The Morgan fingerprint density at radius 1 is 1.39 bits per heavy atom. The molecule has 0 spiro atoms. The van der Waals surface area contributed by atoms with Gasteiger partial charge in [-0.2, -0.15) is 13.1 Å². The Balaban J connectivity index is 3.08. The van der Waals surface area contributed by atoms with E-state index in [4.69, 9.17) is 5.11 Å². The number of aromatic carboxylic acids is 1. The number of hydrogen-bond donors (Lipinski definition) is 3. The number of halogens is 1. The van der Waals surface area contributed by atoms with Crippen molar-refractivity contribution in [2.75, 3.05) is 4.72 Å². The minimum atomic E-state index is -3.77. The van der Waals surface area contributed by atoms with Crippen LogP contribution in [0.25, 0.3) is 0 Å². The number of carboxylic acids is 1. The fourth-order valence-electron chi connectivity index (χ4n) is 1.27. The standard InChI is InChI=1S/C10H13IN2O4S/c1-6(2)12-18(16,17)13-9-4-3-7(11)5-8(9)10(14)15/h3-6,12-13H,1-2H3,(H,14,15). The third-order valence-electron chi connectivity index (χ3n) is 1.85. The maximum absolute atomic E-state index is 11.7. The van der Waals surface area contributed by atoms with Crippen molar-refractivity contribution in [3.63, 3.8) is 0 Å². The maximum Gasteiger partial charge on any atom is 0.337 e. The van der Waals surface area contributed by atoms with Gasteiger partial charge in [-0.05, 0) is 54.6 Å². The largest absolute Gasteiger partial charge is 0.478 e. The minimum absolute atomic E-state index is 0.0380. The summed E-state index contributed by atoms with van der Waals surface area (Å²) in [6.45, 7) is 3.34. The van der Waals surface area contributed by atoms with Crippen LogP contribution in [-0.4, -0.2) is 25.5 Å². The Bertz CT molecular complexity index is 557. The molecule has 0 aliphatic carbocycles. The van der Waals surface area contributed by atoms with Crippen molar-refractivity contribution < 1.29 is 18.3 Å². The Hall–Kier alpha value is -0.870. The highest BCUT2D eigenvalue weighted by atomic mass is 127. The van der Waals surface area contributed by atoms with Crippen LogP contribution < -0.4 is 9.44 Å². The summed E-state index contributed by atoms with van der Waals surface area (Å²) in [5.74, 6) is -1.18. The smallest absolute Gasteiger partial charge is 0.337 e. The summed E-state index contributed by atoms with van der Waals surface area (Å²) in [5, 5.41) is 9.01. The van der Waals surface area contributed by atoms with Crippen molar-refractivity contribution in [1.29, 1.82) is 0 Å². The van der Waals surface area contributed by atoms with E-state index in [1.807, 2.05) is 22.6 Å². The quantitative estimate of drug-likeness (QED) is 0.673. The fourth-order valence-corrected chi connectivity index (χ4v) is 2.91. The van der Waals surface area contributed by atoms with E-state index in [2.05, 4.69) is 9.44 Å². The third-order valence-corrected chi connectivity index (χ3v) is 3.79. The molecule has 0 saturated carbocycles. The fraction of sp³-hybridized carbons (Fsp3) is 0.300. The number of rotatable bonds is 5. The summed E-state index contributed by atoms with van der Waals surface area (Å²) < 4.78 is 28.5. The van der Waals surface area contributed by atoms with Gasteiger partial charge in [0.15, 0.2) is 0 Å². The number of hydrogen-bond acceptors (Lipinski definition) is 3. The SMILES string of the molecule is CC(C)NS(=O)(=O)Nc1ccc(I)cc1C(=O)O. The van der Waals surface area contributed by atoms with E-state index in [9.17, 15) is 13.2 Å². The average Bonchev–Trinajstić information content (AvgIpc) is 2.18. The van der Waals surface area contributed by atoms with Crippen molar-refractivity contribution in [1.82, 2.24) is 4.72 Å². The van der Waals surface area contributed by atoms with Crippen LogP contribution in [0.4, 0.5) is 5.69 Å². The molecule has 6 nitrogen and oxygen atoms in total. The first-order valence-electron chi connectivity index (χ1n) is 5.04. The number of anilines is 1. The molecular weight excluding hydrogens is 371 g/mol. The summed E-state index contributed by atoms with van der Waals surface area (Å²) in [7, 11) is -3.77. The highest BCUT2D eigenvalue weighted by Gasteiger charge is 2.17. The monoisotopic (exact) mass is 384 g/mol. The first-order chi connectivity index (χ1) is 8.21. The lowest BCUT2D eigenvalue weighted by Crippen LogP contribution is -2.35. The summed E-state index contributed by atoms with van der Waals surface area (Å²) in [6, 6.07) is 4.17. The van der Waals surface area contributed by atoms with Crippen LogP contribution in [0.3, 0.4) is 0 Å². The topological polar surface area (TPSA) is 95.5 Å². The predicted molar refractivity (Wildman–Crippen MR) is 76.9 cm³/mol. The second-order valence-corrected chi connectivity index (χ2v) is 6.57. The maximum atomic E-state index is 11.7. The summed E-state index contributed by atoms with van der Waals surface area (Å²) in [4.78, 5) is 11.0. The van der Waals surface area contributed by atoms with Gasteiger partial charge < -0.3 is 5.11 Å². The van der Waals surface area contributed by atoms with Crippen LogP contribution >= 0.6 is 22.6 Å². The summed E-state index contributed by atoms with van der Waals surface area (Å²) >= 11 is 1.96. The van der Waals surface area contributed by atoms with E-state index in [0.29, 0.717) is 3.57 Å². The van der Waals surface area contributed by atoms with Gasteiger partial charge in [-0.1, -0.05) is 0 Å². The van der Waals surface area contributed by atoms with E-state index < -0.39 is 16.2 Å². The molecule has 0 fully saturated rings. The van der Waals surface area contributed by atoms with Crippen LogP contribution in [-0.2, 0) is 10.2 Å². The van der Waals surface area contributed by atoms with Gasteiger partial charge >= 0.3 is 5.97 Å². The molecule has 1 aromatic carbocycles. The average molecular weight is 384 g/mol. The molecule has 0 aromatic heterocycles. The molecule has 0 heterocycles. The van der Waals surface area contributed by atoms with Crippen molar-refractivity contribution in [2.24, 2.45) is 0 Å². The van der Waals surface area contributed by atoms with Gasteiger partial charge in [-0.25, -0.2) is 4.79 Å². The molecule has 0 radical (unpaired) electrons. The van der Waals surface area contributed by atoms with Gasteiger partial charge in [0.2, 0.25) is 0 Å². The number of benzene rings is 1. The molecule has 0 amide bonds. The van der Waals surface area contributed by atoms with Crippen LogP contribution in [0.2, 0.25) is 0 Å². The van der Waals surface area contributed by atoms with E-state index in [0.717, 1.165) is 0 Å². The Morgan fingerprint density at radius 3 is 2.50 bits per heavy atom. The van der Waals surface area contributed by atoms with Gasteiger partial charge in [0.05, 0.1) is 11.3 Å². The van der Waals surface area contributed by atoms with Gasteiger partial charge in [-0.15, -0.1) is 0 Å². The van der Waals surface area contributed by atoms with Crippen LogP contribution in [0.15, 0.2) is 18.2 Å². The number of carboxylic acid groups (broad SMARTS) is 1. The predicted octanol–water partition coefficient (Wildman–Crippen LogP) is 1.64. The second-order valence-electron chi connectivity index (χ2n) is 3.87. The normalized spacial score (nSPS) is 11.6. The van der Waals surface area contributed by atoms with Gasteiger partial charge in [-0.3, -0.25) is 4.72 Å². The summed E-state index contributed by atoms with van der Waals surface area (Å²) in [6.07, 6.45) is 0. The molecule has 0 unspecified atom stereocenters. The van der Waals surface area contributed by atoms with E-state index in [1.165, 1.54) is 12.1 Å². The van der Waals surface area contributed by atoms with Gasteiger partial charge in [0.25, 0.3) is 10.2 Å². The molecule has 0 atom stereocenters. The first kappa shape index (κ1) is 15.2. The van der Waals surface area contributed by atoms with Crippen molar-refractivity contribution in [3.8, 4) is 0 Å². The van der Waals surface area contributed by atoms with E-state index >= 15 is 0 Å². The lowest BCUT2D eigenvalue weighted by molar-refractivity contribution is 0.0698. The van der Waals surface area contributed by atoms with Crippen LogP contribution in [0.1, 0.15) is 24.2 Å². The third kappa shape index (κ3) is 4.42. The molecule has 0 saturated heterocycles. The zero-order valence-corrected chi connectivity index (χ0v) is 12.7. The van der Waals surface area contributed by atoms with E-state index in [1.54, 1.807) is 19.9 Å². The molecular formula is C10H13IN2O4S. The van der Waals surface area contributed by atoms with Crippen molar-refractivity contribution in [2.45, 2.75) is 19.9 Å². The molecule has 0 bridgehead atoms. The van der Waals surface area contributed by atoms with Crippen molar-refractivity contribution >= 4 is 44.5 Å². The zero-order chi connectivity index (χ0) is 13.9. The lowest BCUT2D eigenvalue weighted by atomic mass is 10.2. The number of carbonyl (C=O) groups is 1. The highest BCUT2D eigenvalue weighted by molar-refractivity contribution is 14.1. The minimum Gasteiger partial charge on any atom is -0.478 e. The Labute approximate surface area is 119 Å². The first-order valence-corrected chi connectivity index (χ1v) is 7.60. The molecule has 1 rings (SSSR count). The second kappa shape index (κ2) is 5.85. The molecule has 18 heavy (non-hydrogen) atoms. The molecule has 0 aliphatic rings. The Morgan fingerprint density at radius 2 is 2.00 bits per heavy atom. The Kier molecular flexibility index (Phi) is 4.93.